The smallest absolute Gasteiger partial charge is 0.312 e. The Morgan fingerprint density at radius 3 is 2.44 bits per heavy atom. The summed E-state index contributed by atoms with van der Waals surface area (Å²) in [5.74, 6) is 0.102. The lowest BCUT2D eigenvalue weighted by Crippen LogP contribution is -2.22. The quantitative estimate of drug-likeness (QED) is 0.606. The number of rotatable bonds is 4. The highest BCUT2D eigenvalue weighted by molar-refractivity contribution is 6.31. The van der Waals surface area contributed by atoms with Gasteiger partial charge >= 0.3 is 5.97 Å². The summed E-state index contributed by atoms with van der Waals surface area (Å²) in [6.45, 7) is 0. The van der Waals surface area contributed by atoms with E-state index >= 15 is 0 Å². The van der Waals surface area contributed by atoms with Crippen molar-refractivity contribution in [3.05, 3.63) is 46.2 Å². The van der Waals surface area contributed by atoms with E-state index in [4.69, 9.17) is 30.5 Å². The highest BCUT2D eigenvalue weighted by atomic mass is 35.5. The van der Waals surface area contributed by atoms with E-state index in [0.29, 0.717) is 34.1 Å². The van der Waals surface area contributed by atoms with Crippen LogP contribution in [-0.4, -0.2) is 27.3 Å². The van der Waals surface area contributed by atoms with Crippen LogP contribution >= 0.6 is 11.6 Å². The molecule has 1 unspecified atom stereocenters. The van der Waals surface area contributed by atoms with Gasteiger partial charge in [-0.1, -0.05) is 17.7 Å². The summed E-state index contributed by atoms with van der Waals surface area (Å²) in [5.41, 5.74) is 1.21. The molecule has 0 aromatic heterocycles. The molecule has 0 fully saturated rings. The van der Waals surface area contributed by atoms with Gasteiger partial charge in [0.25, 0.3) is 0 Å². The highest BCUT2D eigenvalue weighted by Crippen LogP contribution is 2.52. The molecule has 5 nitrogen and oxygen atoms in total. The van der Waals surface area contributed by atoms with Crippen molar-refractivity contribution in [1.82, 2.24) is 0 Å². The van der Waals surface area contributed by atoms with Gasteiger partial charge in [-0.15, -0.1) is 0 Å². The van der Waals surface area contributed by atoms with Crippen LogP contribution in [0.5, 0.6) is 23.0 Å². The first-order valence-corrected chi connectivity index (χ1v) is 7.86. The van der Waals surface area contributed by atoms with E-state index in [2.05, 4.69) is 0 Å². The Bertz CT molecular complexity index is 837. The second-order valence-corrected chi connectivity index (χ2v) is 5.86. The van der Waals surface area contributed by atoms with Crippen molar-refractivity contribution in [2.75, 3.05) is 21.3 Å². The SMILES string of the molecule is COc1cc2c(c(OC)c1OC)C(c1ccc(F)cc1Cl)CC(=O)O2. The molecule has 1 aliphatic rings. The number of benzene rings is 2. The monoisotopic (exact) mass is 366 g/mol. The average molecular weight is 367 g/mol. The van der Waals surface area contributed by atoms with Crippen LogP contribution in [0.4, 0.5) is 4.39 Å². The molecular formula is C18H16ClFO5. The summed E-state index contributed by atoms with van der Waals surface area (Å²) >= 11 is 6.22. The number of halogens is 2. The van der Waals surface area contributed by atoms with E-state index in [9.17, 15) is 9.18 Å². The summed E-state index contributed by atoms with van der Waals surface area (Å²) in [7, 11) is 4.45. The minimum atomic E-state index is -0.459. The summed E-state index contributed by atoms with van der Waals surface area (Å²) in [4.78, 5) is 12.1. The van der Waals surface area contributed by atoms with Gasteiger partial charge in [-0.25, -0.2) is 4.39 Å². The maximum Gasteiger partial charge on any atom is 0.312 e. The molecule has 0 spiro atoms. The number of carbonyl (C=O) groups excluding carboxylic acids is 1. The fourth-order valence-electron chi connectivity index (χ4n) is 3.05. The number of hydrogen-bond donors (Lipinski definition) is 0. The van der Waals surface area contributed by atoms with Crippen molar-refractivity contribution >= 4 is 17.6 Å². The number of hydrogen-bond acceptors (Lipinski definition) is 5. The van der Waals surface area contributed by atoms with E-state index in [0.717, 1.165) is 0 Å². The highest BCUT2D eigenvalue weighted by Gasteiger charge is 2.36. The number of fused-ring (bicyclic) bond motifs is 1. The molecule has 1 aliphatic heterocycles. The Morgan fingerprint density at radius 1 is 1.12 bits per heavy atom. The number of ether oxygens (including phenoxy) is 4. The fourth-order valence-corrected chi connectivity index (χ4v) is 3.35. The lowest BCUT2D eigenvalue weighted by atomic mass is 9.85. The molecule has 0 bridgehead atoms. The summed E-state index contributed by atoms with van der Waals surface area (Å²) < 4.78 is 35.0. The van der Waals surface area contributed by atoms with Gasteiger partial charge in [0.15, 0.2) is 11.5 Å². The zero-order valence-corrected chi connectivity index (χ0v) is 14.6. The maximum absolute atomic E-state index is 13.4. The molecule has 0 radical (unpaired) electrons. The van der Waals surface area contributed by atoms with Gasteiger partial charge in [0.2, 0.25) is 5.75 Å². The lowest BCUT2D eigenvalue weighted by molar-refractivity contribution is -0.135. The third-order valence-corrected chi connectivity index (χ3v) is 4.44. The third-order valence-electron chi connectivity index (χ3n) is 4.11. The predicted molar refractivity (Wildman–Crippen MR) is 89.6 cm³/mol. The minimum Gasteiger partial charge on any atom is -0.493 e. The minimum absolute atomic E-state index is 0.0458. The Morgan fingerprint density at radius 2 is 1.84 bits per heavy atom. The van der Waals surface area contributed by atoms with Crippen molar-refractivity contribution in [2.24, 2.45) is 0 Å². The van der Waals surface area contributed by atoms with Gasteiger partial charge in [0.1, 0.15) is 11.6 Å². The first kappa shape index (κ1) is 17.4. The van der Waals surface area contributed by atoms with Crippen LogP contribution in [0, 0.1) is 5.82 Å². The summed E-state index contributed by atoms with van der Waals surface area (Å²) in [5, 5.41) is 0.225. The van der Waals surface area contributed by atoms with E-state index in [1.54, 1.807) is 12.1 Å². The van der Waals surface area contributed by atoms with Gasteiger partial charge in [0, 0.05) is 22.6 Å². The van der Waals surface area contributed by atoms with Crippen LogP contribution in [0.15, 0.2) is 24.3 Å². The molecule has 2 aromatic carbocycles. The number of esters is 1. The molecule has 25 heavy (non-hydrogen) atoms. The number of methoxy groups -OCH3 is 3. The van der Waals surface area contributed by atoms with Crippen LogP contribution in [0.1, 0.15) is 23.5 Å². The van der Waals surface area contributed by atoms with Gasteiger partial charge in [0.05, 0.1) is 27.8 Å². The fraction of sp³-hybridized carbons (Fsp3) is 0.278. The second kappa shape index (κ2) is 6.80. The molecule has 0 N–H and O–H groups in total. The molecule has 7 heteroatoms. The summed E-state index contributed by atoms with van der Waals surface area (Å²) in [6.07, 6.45) is 0.0458. The van der Waals surface area contributed by atoms with Gasteiger partial charge in [-0.3, -0.25) is 4.79 Å². The molecule has 3 rings (SSSR count). The number of carbonyl (C=O) groups is 1. The molecule has 132 valence electrons. The maximum atomic E-state index is 13.4. The molecular weight excluding hydrogens is 351 g/mol. The Labute approximate surface area is 149 Å². The van der Waals surface area contributed by atoms with Crippen molar-refractivity contribution < 1.29 is 28.1 Å². The molecule has 0 amide bonds. The first-order chi connectivity index (χ1) is 12.0. The van der Waals surface area contributed by atoms with Crippen molar-refractivity contribution in [1.29, 1.82) is 0 Å². The topological polar surface area (TPSA) is 54.0 Å². The molecule has 0 aliphatic carbocycles. The van der Waals surface area contributed by atoms with Crippen LogP contribution < -0.4 is 18.9 Å². The summed E-state index contributed by atoms with van der Waals surface area (Å²) in [6, 6.07) is 5.64. The standard InChI is InChI=1S/C18H16ClFO5/c1-22-14-8-13-16(18(24-3)17(14)23-2)11(7-15(21)25-13)10-5-4-9(20)6-12(10)19/h4-6,8,11H,7H2,1-3H3. The van der Waals surface area contributed by atoms with E-state index in [1.165, 1.54) is 33.5 Å². The second-order valence-electron chi connectivity index (χ2n) is 5.45. The van der Waals surface area contributed by atoms with Crippen LogP contribution in [0.3, 0.4) is 0 Å². The Hall–Kier alpha value is -2.47. The van der Waals surface area contributed by atoms with Crippen molar-refractivity contribution in [3.8, 4) is 23.0 Å². The predicted octanol–water partition coefficient (Wildman–Crippen LogP) is 3.95. The normalized spacial score (nSPS) is 16.0. The molecule has 2 aromatic rings. The molecule has 0 saturated heterocycles. The first-order valence-electron chi connectivity index (χ1n) is 7.48. The van der Waals surface area contributed by atoms with Crippen molar-refractivity contribution in [2.45, 2.75) is 12.3 Å². The van der Waals surface area contributed by atoms with Gasteiger partial charge < -0.3 is 18.9 Å². The Kier molecular flexibility index (Phi) is 4.72. The molecule has 1 heterocycles. The lowest BCUT2D eigenvalue weighted by Gasteiger charge is -2.28. The average Bonchev–Trinajstić information content (AvgIpc) is 2.59. The van der Waals surface area contributed by atoms with Crippen LogP contribution in [-0.2, 0) is 4.79 Å². The van der Waals surface area contributed by atoms with Gasteiger partial charge in [-0.05, 0) is 17.7 Å². The largest absolute Gasteiger partial charge is 0.493 e. The zero-order valence-electron chi connectivity index (χ0n) is 13.9. The molecule has 0 saturated carbocycles. The molecule has 1 atom stereocenters. The van der Waals surface area contributed by atoms with E-state index < -0.39 is 17.7 Å². The van der Waals surface area contributed by atoms with Gasteiger partial charge in [-0.2, -0.15) is 0 Å². The van der Waals surface area contributed by atoms with Crippen molar-refractivity contribution in [3.63, 3.8) is 0 Å². The zero-order chi connectivity index (χ0) is 18.1. The van der Waals surface area contributed by atoms with E-state index in [-0.39, 0.29) is 11.4 Å². The third kappa shape index (κ3) is 2.98. The van der Waals surface area contributed by atoms with Crippen LogP contribution in [0.25, 0.3) is 0 Å². The Balaban J connectivity index is 2.27. The van der Waals surface area contributed by atoms with Crippen LogP contribution in [0.2, 0.25) is 5.02 Å². The van der Waals surface area contributed by atoms with E-state index in [1.807, 2.05) is 0 Å².